The highest BCUT2D eigenvalue weighted by atomic mass is 19.1. The standard InChI is InChI=1S/C14H15FN2O4/c1-19-12-6-8(2-3-10(12)15)13-16-14(21-17-13)9-7-20-5-4-11(9)18/h2-3,6,9,11,18H,4-5,7H2,1H3. The fourth-order valence-corrected chi connectivity index (χ4v) is 2.26. The van der Waals surface area contributed by atoms with Crippen LogP contribution in [0.1, 0.15) is 18.2 Å². The van der Waals surface area contributed by atoms with Gasteiger partial charge in [0.25, 0.3) is 0 Å². The van der Waals surface area contributed by atoms with Crippen LogP contribution in [0.15, 0.2) is 22.7 Å². The lowest BCUT2D eigenvalue weighted by Crippen LogP contribution is -2.30. The van der Waals surface area contributed by atoms with Crippen LogP contribution in [-0.4, -0.2) is 41.7 Å². The van der Waals surface area contributed by atoms with Crippen LogP contribution in [0.4, 0.5) is 4.39 Å². The summed E-state index contributed by atoms with van der Waals surface area (Å²) in [5.74, 6) is -0.0372. The third-order valence-electron chi connectivity index (χ3n) is 3.49. The first kappa shape index (κ1) is 14.0. The number of rotatable bonds is 3. The van der Waals surface area contributed by atoms with Gasteiger partial charge in [-0.1, -0.05) is 5.16 Å². The molecule has 112 valence electrons. The molecule has 1 N–H and O–H groups in total. The lowest BCUT2D eigenvalue weighted by Gasteiger charge is -2.24. The summed E-state index contributed by atoms with van der Waals surface area (Å²) in [5, 5.41) is 13.8. The number of hydrogen-bond donors (Lipinski definition) is 1. The Labute approximate surface area is 120 Å². The molecule has 1 aliphatic rings. The minimum Gasteiger partial charge on any atom is -0.494 e. The maximum absolute atomic E-state index is 13.4. The van der Waals surface area contributed by atoms with E-state index in [-0.39, 0.29) is 11.7 Å². The van der Waals surface area contributed by atoms with E-state index < -0.39 is 11.9 Å². The molecule has 0 radical (unpaired) electrons. The van der Waals surface area contributed by atoms with E-state index >= 15 is 0 Å². The Morgan fingerprint density at radius 1 is 1.43 bits per heavy atom. The molecule has 0 saturated carbocycles. The van der Waals surface area contributed by atoms with Crippen LogP contribution in [0.5, 0.6) is 5.75 Å². The van der Waals surface area contributed by atoms with Crippen LogP contribution in [0.2, 0.25) is 0 Å². The first-order valence-electron chi connectivity index (χ1n) is 6.62. The Balaban J connectivity index is 1.87. The molecule has 3 rings (SSSR count). The van der Waals surface area contributed by atoms with Crippen molar-refractivity contribution >= 4 is 0 Å². The number of aromatic nitrogens is 2. The van der Waals surface area contributed by atoms with E-state index in [2.05, 4.69) is 10.1 Å². The molecule has 0 amide bonds. The van der Waals surface area contributed by atoms with Gasteiger partial charge in [0.15, 0.2) is 11.6 Å². The molecule has 6 nitrogen and oxygen atoms in total. The number of benzene rings is 1. The van der Waals surface area contributed by atoms with Gasteiger partial charge in [-0.15, -0.1) is 0 Å². The van der Waals surface area contributed by atoms with Crippen LogP contribution >= 0.6 is 0 Å². The zero-order valence-corrected chi connectivity index (χ0v) is 11.5. The van der Waals surface area contributed by atoms with E-state index in [0.29, 0.717) is 36.9 Å². The fraction of sp³-hybridized carbons (Fsp3) is 0.429. The summed E-state index contributed by atoms with van der Waals surface area (Å²) in [7, 11) is 1.39. The van der Waals surface area contributed by atoms with Crippen molar-refractivity contribution in [3.8, 4) is 17.1 Å². The van der Waals surface area contributed by atoms with Crippen LogP contribution in [0.3, 0.4) is 0 Å². The van der Waals surface area contributed by atoms with E-state index in [0.717, 1.165) is 0 Å². The highest BCUT2D eigenvalue weighted by Crippen LogP contribution is 2.28. The zero-order chi connectivity index (χ0) is 14.8. The highest BCUT2D eigenvalue weighted by molar-refractivity contribution is 5.57. The SMILES string of the molecule is COc1cc(-c2noc(C3COCCC3O)n2)ccc1F. The van der Waals surface area contributed by atoms with Crippen molar-refractivity contribution < 1.29 is 23.5 Å². The quantitative estimate of drug-likeness (QED) is 0.929. The number of aliphatic hydroxyl groups excluding tert-OH is 1. The van der Waals surface area contributed by atoms with E-state index in [1.165, 1.54) is 19.2 Å². The van der Waals surface area contributed by atoms with Crippen LogP contribution < -0.4 is 4.74 Å². The van der Waals surface area contributed by atoms with Gasteiger partial charge in [-0.25, -0.2) is 4.39 Å². The first-order chi connectivity index (χ1) is 10.2. The number of halogens is 1. The van der Waals surface area contributed by atoms with Crippen molar-refractivity contribution in [2.24, 2.45) is 0 Å². The molecule has 21 heavy (non-hydrogen) atoms. The number of nitrogens with zero attached hydrogens (tertiary/aromatic N) is 2. The van der Waals surface area contributed by atoms with E-state index in [1.54, 1.807) is 6.07 Å². The molecule has 2 aromatic rings. The van der Waals surface area contributed by atoms with Crippen molar-refractivity contribution in [2.75, 3.05) is 20.3 Å². The van der Waals surface area contributed by atoms with Gasteiger partial charge in [-0.3, -0.25) is 0 Å². The maximum Gasteiger partial charge on any atom is 0.235 e. The smallest absolute Gasteiger partial charge is 0.235 e. The minimum atomic E-state index is -0.560. The van der Waals surface area contributed by atoms with Gasteiger partial charge in [-0.05, 0) is 24.6 Å². The Kier molecular flexibility index (Phi) is 3.85. The molecule has 2 heterocycles. The van der Waals surface area contributed by atoms with Gasteiger partial charge in [0.05, 0.1) is 25.7 Å². The van der Waals surface area contributed by atoms with Crippen molar-refractivity contribution in [2.45, 2.75) is 18.4 Å². The normalized spacial score (nSPS) is 22.2. The van der Waals surface area contributed by atoms with Crippen LogP contribution in [0.25, 0.3) is 11.4 Å². The molecule has 2 unspecified atom stereocenters. The Morgan fingerprint density at radius 2 is 2.29 bits per heavy atom. The summed E-state index contributed by atoms with van der Waals surface area (Å²) < 4.78 is 28.8. The number of aliphatic hydroxyl groups is 1. The molecule has 1 fully saturated rings. The van der Waals surface area contributed by atoms with E-state index in [4.69, 9.17) is 14.0 Å². The Bertz CT molecular complexity index is 631. The van der Waals surface area contributed by atoms with Crippen LogP contribution in [-0.2, 0) is 4.74 Å². The molecule has 1 aromatic heterocycles. The van der Waals surface area contributed by atoms with Crippen molar-refractivity contribution in [3.05, 3.63) is 29.9 Å². The third kappa shape index (κ3) is 2.74. The summed E-state index contributed by atoms with van der Waals surface area (Å²) in [4.78, 5) is 4.26. The second-order valence-electron chi connectivity index (χ2n) is 4.84. The second-order valence-corrected chi connectivity index (χ2v) is 4.84. The second kappa shape index (κ2) is 5.79. The number of hydrogen-bond acceptors (Lipinski definition) is 6. The summed E-state index contributed by atoms with van der Waals surface area (Å²) in [5.41, 5.74) is 0.578. The Hall–Kier alpha value is -1.99. The molecule has 7 heteroatoms. The average molecular weight is 294 g/mol. The monoisotopic (exact) mass is 294 g/mol. The lowest BCUT2D eigenvalue weighted by molar-refractivity contribution is -0.0149. The van der Waals surface area contributed by atoms with Gasteiger partial charge in [0.2, 0.25) is 11.7 Å². The third-order valence-corrected chi connectivity index (χ3v) is 3.49. The summed E-state index contributed by atoms with van der Waals surface area (Å²) in [6.45, 7) is 0.864. The average Bonchev–Trinajstić information content (AvgIpc) is 2.98. The molecule has 1 aromatic carbocycles. The molecule has 2 atom stereocenters. The minimum absolute atomic E-state index is 0.111. The van der Waals surface area contributed by atoms with Gasteiger partial charge >= 0.3 is 0 Å². The molecule has 0 bridgehead atoms. The predicted octanol–water partition coefficient (Wildman–Crippen LogP) is 1.75. The molecule has 0 spiro atoms. The summed E-state index contributed by atoms with van der Waals surface area (Å²) in [6, 6.07) is 4.32. The van der Waals surface area contributed by atoms with Crippen molar-refractivity contribution in [3.63, 3.8) is 0 Å². The number of ether oxygens (including phenoxy) is 2. The van der Waals surface area contributed by atoms with E-state index in [9.17, 15) is 9.50 Å². The van der Waals surface area contributed by atoms with Gasteiger partial charge in [0, 0.05) is 12.2 Å². The lowest BCUT2D eigenvalue weighted by atomic mass is 9.99. The van der Waals surface area contributed by atoms with Gasteiger partial charge in [0.1, 0.15) is 0 Å². The predicted molar refractivity (Wildman–Crippen MR) is 70.4 cm³/mol. The molecule has 1 aliphatic heterocycles. The summed E-state index contributed by atoms with van der Waals surface area (Å²) >= 11 is 0. The molecule has 1 saturated heterocycles. The topological polar surface area (TPSA) is 77.6 Å². The van der Waals surface area contributed by atoms with Gasteiger partial charge in [-0.2, -0.15) is 4.98 Å². The van der Waals surface area contributed by atoms with Crippen molar-refractivity contribution in [1.82, 2.24) is 10.1 Å². The molecular weight excluding hydrogens is 279 g/mol. The molecular formula is C14H15FN2O4. The van der Waals surface area contributed by atoms with Gasteiger partial charge < -0.3 is 19.1 Å². The van der Waals surface area contributed by atoms with Crippen LogP contribution in [0, 0.1) is 5.82 Å². The maximum atomic E-state index is 13.4. The largest absolute Gasteiger partial charge is 0.494 e. The zero-order valence-electron chi connectivity index (χ0n) is 11.5. The first-order valence-corrected chi connectivity index (χ1v) is 6.62. The van der Waals surface area contributed by atoms with Crippen molar-refractivity contribution in [1.29, 1.82) is 0 Å². The number of methoxy groups -OCH3 is 1. The molecule has 0 aliphatic carbocycles. The summed E-state index contributed by atoms with van der Waals surface area (Å²) in [6.07, 6.45) is -0.0259. The van der Waals surface area contributed by atoms with E-state index in [1.807, 2.05) is 0 Å². The fourth-order valence-electron chi connectivity index (χ4n) is 2.26. The highest BCUT2D eigenvalue weighted by Gasteiger charge is 2.30. The Morgan fingerprint density at radius 3 is 3.05 bits per heavy atom.